The van der Waals surface area contributed by atoms with E-state index in [1.807, 2.05) is 30.3 Å². The van der Waals surface area contributed by atoms with E-state index < -0.39 is 0 Å². The summed E-state index contributed by atoms with van der Waals surface area (Å²) >= 11 is 0. The second-order valence-electron chi connectivity index (χ2n) is 6.28. The Morgan fingerprint density at radius 1 is 1.14 bits per heavy atom. The lowest BCUT2D eigenvalue weighted by atomic mass is 9.98. The van der Waals surface area contributed by atoms with Gasteiger partial charge in [-0.2, -0.15) is 0 Å². The molecule has 3 rings (SSSR count). The Morgan fingerprint density at radius 3 is 2.45 bits per heavy atom. The number of benzene rings is 2. The molecule has 1 aliphatic carbocycles. The molecule has 3 atom stereocenters. The molecular formula is C20H23NO. The van der Waals surface area contributed by atoms with Crippen LogP contribution in [0.5, 0.6) is 0 Å². The lowest BCUT2D eigenvalue weighted by Gasteiger charge is -2.10. The summed E-state index contributed by atoms with van der Waals surface area (Å²) in [6.45, 7) is 4.42. The van der Waals surface area contributed by atoms with E-state index in [1.54, 1.807) is 0 Å². The molecule has 1 aliphatic rings. The van der Waals surface area contributed by atoms with Crippen LogP contribution in [0.25, 0.3) is 0 Å². The van der Waals surface area contributed by atoms with E-state index in [2.05, 4.69) is 43.4 Å². The van der Waals surface area contributed by atoms with Gasteiger partial charge < -0.3 is 5.32 Å². The summed E-state index contributed by atoms with van der Waals surface area (Å²) in [7, 11) is 0. The van der Waals surface area contributed by atoms with E-state index in [1.165, 1.54) is 11.1 Å². The third-order valence-corrected chi connectivity index (χ3v) is 4.71. The first kappa shape index (κ1) is 14.8. The Hall–Kier alpha value is -2.09. The van der Waals surface area contributed by atoms with E-state index in [0.29, 0.717) is 11.8 Å². The summed E-state index contributed by atoms with van der Waals surface area (Å²) in [6.07, 6.45) is 2.09. The van der Waals surface area contributed by atoms with Crippen molar-refractivity contribution in [2.75, 3.05) is 5.32 Å². The molecule has 1 N–H and O–H groups in total. The minimum Gasteiger partial charge on any atom is -0.326 e. The lowest BCUT2D eigenvalue weighted by molar-refractivity contribution is -0.117. The number of nitrogens with one attached hydrogen (secondary N) is 1. The number of anilines is 1. The monoisotopic (exact) mass is 293 g/mol. The van der Waals surface area contributed by atoms with Crippen molar-refractivity contribution in [3.8, 4) is 0 Å². The standard InChI is InChI=1S/C20H23NO/c1-3-14(2)15-9-11-17(12-10-15)21-20(22)19-13-18(19)16-7-5-4-6-8-16/h4-12,14,18-19H,3,13H2,1-2H3,(H,21,22)/t14-,18-,19-/m0/s1. The fourth-order valence-electron chi connectivity index (χ4n) is 2.92. The molecule has 2 aromatic carbocycles. The highest BCUT2D eigenvalue weighted by Crippen LogP contribution is 2.47. The molecule has 0 radical (unpaired) electrons. The molecule has 1 saturated carbocycles. The van der Waals surface area contributed by atoms with E-state index >= 15 is 0 Å². The van der Waals surface area contributed by atoms with E-state index in [-0.39, 0.29) is 11.8 Å². The van der Waals surface area contributed by atoms with Crippen LogP contribution in [0.4, 0.5) is 5.69 Å². The van der Waals surface area contributed by atoms with Crippen molar-refractivity contribution in [2.45, 2.75) is 38.5 Å². The predicted octanol–water partition coefficient (Wildman–Crippen LogP) is 4.94. The molecule has 0 aliphatic heterocycles. The molecule has 1 amide bonds. The van der Waals surface area contributed by atoms with Crippen molar-refractivity contribution in [3.63, 3.8) is 0 Å². The number of carbonyl (C=O) groups excluding carboxylic acids is 1. The largest absolute Gasteiger partial charge is 0.326 e. The first-order valence-corrected chi connectivity index (χ1v) is 8.14. The van der Waals surface area contributed by atoms with Gasteiger partial charge in [0.25, 0.3) is 0 Å². The second kappa shape index (κ2) is 6.35. The van der Waals surface area contributed by atoms with Crippen molar-refractivity contribution in [3.05, 3.63) is 65.7 Å². The number of carbonyl (C=O) groups is 1. The van der Waals surface area contributed by atoms with E-state index in [9.17, 15) is 4.79 Å². The summed E-state index contributed by atoms with van der Waals surface area (Å²) in [5.41, 5.74) is 3.50. The minimum atomic E-state index is 0.122. The number of hydrogen-bond donors (Lipinski definition) is 1. The van der Waals surface area contributed by atoms with Crippen LogP contribution in [0.1, 0.15) is 49.7 Å². The van der Waals surface area contributed by atoms with Gasteiger partial charge in [-0.05, 0) is 47.9 Å². The zero-order valence-electron chi connectivity index (χ0n) is 13.3. The van der Waals surface area contributed by atoms with Crippen LogP contribution in [0.3, 0.4) is 0 Å². The van der Waals surface area contributed by atoms with E-state index in [0.717, 1.165) is 18.5 Å². The SMILES string of the molecule is CC[C@H](C)c1ccc(NC(=O)[C@H]2C[C@H]2c2ccccc2)cc1. The summed E-state index contributed by atoms with van der Waals surface area (Å²) in [5, 5.41) is 3.05. The van der Waals surface area contributed by atoms with Crippen LogP contribution in [0, 0.1) is 5.92 Å². The van der Waals surface area contributed by atoms with Gasteiger partial charge >= 0.3 is 0 Å². The van der Waals surface area contributed by atoms with Crippen molar-refractivity contribution in [1.29, 1.82) is 0 Å². The van der Waals surface area contributed by atoms with Crippen LogP contribution >= 0.6 is 0 Å². The molecule has 2 aromatic rings. The Morgan fingerprint density at radius 2 is 1.82 bits per heavy atom. The zero-order chi connectivity index (χ0) is 15.5. The van der Waals surface area contributed by atoms with Crippen LogP contribution in [-0.4, -0.2) is 5.91 Å². The van der Waals surface area contributed by atoms with Gasteiger partial charge in [-0.15, -0.1) is 0 Å². The van der Waals surface area contributed by atoms with E-state index in [4.69, 9.17) is 0 Å². The molecule has 1 fully saturated rings. The normalized spacial score (nSPS) is 21.2. The highest BCUT2D eigenvalue weighted by molar-refractivity contribution is 5.95. The van der Waals surface area contributed by atoms with Crippen LogP contribution in [0.2, 0.25) is 0 Å². The van der Waals surface area contributed by atoms with Crippen molar-refractivity contribution in [1.82, 2.24) is 0 Å². The van der Waals surface area contributed by atoms with Crippen LogP contribution in [0.15, 0.2) is 54.6 Å². The minimum absolute atomic E-state index is 0.122. The molecule has 2 nitrogen and oxygen atoms in total. The Bertz CT molecular complexity index is 633. The molecule has 0 unspecified atom stereocenters. The molecule has 0 spiro atoms. The number of rotatable bonds is 5. The maximum absolute atomic E-state index is 12.3. The number of hydrogen-bond acceptors (Lipinski definition) is 1. The highest BCUT2D eigenvalue weighted by Gasteiger charge is 2.43. The molecular weight excluding hydrogens is 270 g/mol. The molecule has 0 bridgehead atoms. The fourth-order valence-corrected chi connectivity index (χ4v) is 2.92. The van der Waals surface area contributed by atoms with Gasteiger partial charge in [-0.1, -0.05) is 56.3 Å². The second-order valence-corrected chi connectivity index (χ2v) is 6.28. The smallest absolute Gasteiger partial charge is 0.228 e. The summed E-state index contributed by atoms with van der Waals surface area (Å²) in [4.78, 5) is 12.3. The predicted molar refractivity (Wildman–Crippen MR) is 91.1 cm³/mol. The van der Waals surface area contributed by atoms with Gasteiger partial charge in [0.2, 0.25) is 5.91 Å². The quantitative estimate of drug-likeness (QED) is 0.831. The topological polar surface area (TPSA) is 29.1 Å². The first-order valence-electron chi connectivity index (χ1n) is 8.14. The average molecular weight is 293 g/mol. The maximum atomic E-state index is 12.3. The third kappa shape index (κ3) is 3.22. The van der Waals surface area contributed by atoms with Crippen molar-refractivity contribution < 1.29 is 4.79 Å². The molecule has 0 aromatic heterocycles. The van der Waals surface area contributed by atoms with Crippen LogP contribution in [-0.2, 0) is 4.79 Å². The van der Waals surface area contributed by atoms with Gasteiger partial charge in [0.15, 0.2) is 0 Å². The zero-order valence-corrected chi connectivity index (χ0v) is 13.3. The third-order valence-electron chi connectivity index (χ3n) is 4.71. The molecule has 114 valence electrons. The van der Waals surface area contributed by atoms with Crippen molar-refractivity contribution >= 4 is 11.6 Å². The van der Waals surface area contributed by atoms with Gasteiger partial charge in [0, 0.05) is 11.6 Å². The van der Waals surface area contributed by atoms with Gasteiger partial charge in [0.1, 0.15) is 0 Å². The maximum Gasteiger partial charge on any atom is 0.228 e. The average Bonchev–Trinajstić information content (AvgIpc) is 3.36. The molecule has 2 heteroatoms. The Kier molecular flexibility index (Phi) is 4.28. The molecule has 0 saturated heterocycles. The molecule has 22 heavy (non-hydrogen) atoms. The summed E-state index contributed by atoms with van der Waals surface area (Å²) in [5.74, 6) is 1.22. The molecule has 0 heterocycles. The van der Waals surface area contributed by atoms with Gasteiger partial charge in [-0.3, -0.25) is 4.79 Å². The van der Waals surface area contributed by atoms with Crippen LogP contribution < -0.4 is 5.32 Å². The van der Waals surface area contributed by atoms with Gasteiger partial charge in [-0.25, -0.2) is 0 Å². The highest BCUT2D eigenvalue weighted by atomic mass is 16.2. The summed E-state index contributed by atoms with van der Waals surface area (Å²) < 4.78 is 0. The summed E-state index contributed by atoms with van der Waals surface area (Å²) in [6, 6.07) is 18.6. The Labute approximate surface area is 132 Å². The first-order chi connectivity index (χ1) is 10.7. The lowest BCUT2D eigenvalue weighted by Crippen LogP contribution is -2.14. The van der Waals surface area contributed by atoms with Gasteiger partial charge in [0.05, 0.1) is 0 Å². The fraction of sp³-hybridized carbons (Fsp3) is 0.350. The Balaban J connectivity index is 1.59. The number of amides is 1. The van der Waals surface area contributed by atoms with Crippen molar-refractivity contribution in [2.24, 2.45) is 5.92 Å².